The normalized spacial score (nSPS) is 17.4. The number of amides is 1. The molecule has 1 aliphatic rings. The van der Waals surface area contributed by atoms with E-state index in [0.717, 1.165) is 28.7 Å². The van der Waals surface area contributed by atoms with Crippen molar-refractivity contribution in [3.05, 3.63) is 65.1 Å². The molecule has 2 aromatic rings. The quantitative estimate of drug-likeness (QED) is 0.475. The summed E-state index contributed by atoms with van der Waals surface area (Å²) in [4.78, 5) is 15.4. The van der Waals surface area contributed by atoms with Crippen molar-refractivity contribution in [2.75, 3.05) is 10.8 Å². The second-order valence-electron chi connectivity index (χ2n) is 6.40. The maximum absolute atomic E-state index is 15.1. The van der Waals surface area contributed by atoms with Crippen LogP contribution >= 0.6 is 0 Å². The van der Waals surface area contributed by atoms with Crippen LogP contribution in [0.4, 0.5) is 23.2 Å². The number of rotatable bonds is 5. The third-order valence-corrected chi connectivity index (χ3v) is 5.40. The lowest BCUT2D eigenvalue weighted by atomic mass is 10.1. The van der Waals surface area contributed by atoms with Gasteiger partial charge in [0.15, 0.2) is 5.82 Å². The summed E-state index contributed by atoms with van der Waals surface area (Å²) in [6.07, 6.45) is -2.29. The van der Waals surface area contributed by atoms with E-state index in [2.05, 4.69) is 9.71 Å². The number of halogens is 4. The summed E-state index contributed by atoms with van der Waals surface area (Å²) in [6, 6.07) is 6.95. The number of benzene rings is 2. The van der Waals surface area contributed by atoms with Crippen LogP contribution in [0.2, 0.25) is 0 Å². The van der Waals surface area contributed by atoms with Crippen LogP contribution in [0.1, 0.15) is 16.7 Å². The summed E-state index contributed by atoms with van der Waals surface area (Å²) in [6.45, 7) is -0.547. The number of phenols is 1. The summed E-state index contributed by atoms with van der Waals surface area (Å²) >= 11 is -2.07. The zero-order chi connectivity index (χ0) is 22.8. The lowest BCUT2D eigenvalue weighted by molar-refractivity contribution is -0.137. The Hall–Kier alpha value is -3.41. The van der Waals surface area contributed by atoms with Gasteiger partial charge < -0.3 is 10.8 Å². The number of nitrogens with one attached hydrogen (secondary N) is 1. The highest BCUT2D eigenvalue weighted by Crippen LogP contribution is 2.36. The molecule has 31 heavy (non-hydrogen) atoms. The van der Waals surface area contributed by atoms with Gasteiger partial charge in [-0.2, -0.15) is 13.2 Å². The minimum Gasteiger partial charge on any atom is -0.506 e. The van der Waals surface area contributed by atoms with Crippen LogP contribution in [-0.4, -0.2) is 28.0 Å². The number of hydrogen-bond acceptors (Lipinski definition) is 5. The molecule has 1 unspecified atom stereocenters. The molecule has 1 aliphatic heterocycles. The van der Waals surface area contributed by atoms with Crippen LogP contribution in [0.25, 0.3) is 5.57 Å². The van der Waals surface area contributed by atoms with E-state index in [0.29, 0.717) is 0 Å². The number of allylic oxidation sites excluding steroid dienone is 1. The Morgan fingerprint density at radius 3 is 2.68 bits per heavy atom. The zero-order valence-electron chi connectivity index (χ0n) is 15.7. The standard InChI is InChI=1S/C19H16F4N4O3S/c20-17-14(4-5-15(28)18(17)27-10-16(29)26-31(27)30)12(7-24)9-25-8-11-2-1-3-13(6-11)19(21,22)23/h1-7,9,28H,8,10,24H2,(H,26,29)/b12-7+,25-9?. The third-order valence-electron chi connectivity index (χ3n) is 4.28. The largest absolute Gasteiger partial charge is 0.506 e. The first-order chi connectivity index (χ1) is 14.6. The number of alkyl halides is 3. The SMILES string of the molecule is N/C=C(\C=NCc1cccc(C(F)(F)F)c1)c1ccc(O)c(N2CC(=O)NS2=O)c1F. The van der Waals surface area contributed by atoms with E-state index in [1.807, 2.05) is 0 Å². The van der Waals surface area contributed by atoms with Crippen LogP contribution in [0, 0.1) is 5.82 Å². The highest BCUT2D eigenvalue weighted by Gasteiger charge is 2.32. The Kier molecular flexibility index (Phi) is 6.29. The molecule has 3 rings (SSSR count). The van der Waals surface area contributed by atoms with Gasteiger partial charge in [0.2, 0.25) is 11.2 Å². The number of aliphatic imine (C=N–C) groups is 1. The van der Waals surface area contributed by atoms with Crippen molar-refractivity contribution in [1.82, 2.24) is 4.72 Å². The number of phenolic OH excluding ortho intramolecular Hbond substituents is 1. The molecule has 12 heteroatoms. The minimum absolute atomic E-state index is 0.0648. The van der Waals surface area contributed by atoms with Crippen LogP contribution < -0.4 is 14.8 Å². The van der Waals surface area contributed by atoms with Crippen molar-refractivity contribution in [3.8, 4) is 5.75 Å². The van der Waals surface area contributed by atoms with Gasteiger partial charge >= 0.3 is 6.18 Å². The van der Waals surface area contributed by atoms with Crippen molar-refractivity contribution < 1.29 is 31.7 Å². The Bertz CT molecular complexity index is 1100. The van der Waals surface area contributed by atoms with E-state index in [4.69, 9.17) is 5.73 Å². The number of carbonyl (C=O) groups is 1. The molecule has 1 heterocycles. The summed E-state index contributed by atoms with van der Waals surface area (Å²) in [5, 5.41) is 10.0. The van der Waals surface area contributed by atoms with Gasteiger partial charge in [0.1, 0.15) is 18.0 Å². The van der Waals surface area contributed by atoms with Gasteiger partial charge in [0.05, 0.1) is 12.1 Å². The average molecular weight is 456 g/mol. The molecule has 0 saturated carbocycles. The van der Waals surface area contributed by atoms with Crippen LogP contribution in [0.3, 0.4) is 0 Å². The zero-order valence-corrected chi connectivity index (χ0v) is 16.5. The van der Waals surface area contributed by atoms with Crippen molar-refractivity contribution in [1.29, 1.82) is 0 Å². The lowest BCUT2D eigenvalue weighted by Crippen LogP contribution is -2.24. The molecule has 1 fully saturated rings. The average Bonchev–Trinajstić information content (AvgIpc) is 3.03. The Balaban J connectivity index is 1.86. The number of carbonyl (C=O) groups excluding carboxylic acids is 1. The highest BCUT2D eigenvalue weighted by atomic mass is 32.2. The molecule has 4 N–H and O–H groups in total. The van der Waals surface area contributed by atoms with E-state index >= 15 is 4.39 Å². The topological polar surface area (TPSA) is 108 Å². The number of anilines is 1. The lowest BCUT2D eigenvalue weighted by Gasteiger charge is -2.18. The number of aromatic hydroxyl groups is 1. The van der Waals surface area contributed by atoms with Crippen LogP contribution in [0.5, 0.6) is 5.75 Å². The van der Waals surface area contributed by atoms with Crippen molar-refractivity contribution in [2.24, 2.45) is 10.7 Å². The molecule has 0 radical (unpaired) electrons. The number of hydrogen-bond donors (Lipinski definition) is 3. The van der Waals surface area contributed by atoms with Crippen molar-refractivity contribution in [3.63, 3.8) is 0 Å². The third kappa shape index (κ3) is 4.85. The van der Waals surface area contributed by atoms with E-state index in [1.54, 1.807) is 0 Å². The molecule has 0 bridgehead atoms. The first kappa shape index (κ1) is 22.3. The molecule has 7 nitrogen and oxygen atoms in total. The van der Waals surface area contributed by atoms with Crippen molar-refractivity contribution in [2.45, 2.75) is 12.7 Å². The van der Waals surface area contributed by atoms with Gasteiger partial charge in [-0.3, -0.25) is 18.8 Å². The smallest absolute Gasteiger partial charge is 0.416 e. The van der Waals surface area contributed by atoms with E-state index in [-0.39, 0.29) is 23.2 Å². The predicted octanol–water partition coefficient (Wildman–Crippen LogP) is 2.64. The fraction of sp³-hybridized carbons (Fsp3) is 0.158. The Morgan fingerprint density at radius 1 is 1.32 bits per heavy atom. The molecule has 164 valence electrons. The summed E-state index contributed by atoms with van der Waals surface area (Å²) in [5.41, 5.74) is 4.52. The van der Waals surface area contributed by atoms with E-state index < -0.39 is 52.6 Å². The van der Waals surface area contributed by atoms with Gasteiger partial charge in [0, 0.05) is 23.6 Å². The Labute approximate surface area is 176 Å². The van der Waals surface area contributed by atoms with Gasteiger partial charge in [-0.1, -0.05) is 12.1 Å². The van der Waals surface area contributed by atoms with Gasteiger partial charge in [-0.25, -0.2) is 8.60 Å². The first-order valence-electron chi connectivity index (χ1n) is 8.70. The summed E-state index contributed by atoms with van der Waals surface area (Å²) < 4.78 is 68.4. The summed E-state index contributed by atoms with van der Waals surface area (Å²) in [5.74, 6) is -2.14. The van der Waals surface area contributed by atoms with E-state index in [1.165, 1.54) is 24.4 Å². The van der Waals surface area contributed by atoms with Crippen LogP contribution in [0.15, 0.2) is 47.6 Å². The molecule has 1 saturated heterocycles. The fourth-order valence-corrected chi connectivity index (χ4v) is 3.79. The summed E-state index contributed by atoms with van der Waals surface area (Å²) in [7, 11) is 0. The van der Waals surface area contributed by atoms with Gasteiger partial charge in [-0.05, 0) is 29.8 Å². The number of nitrogens with two attached hydrogens (primary N) is 1. The first-order valence-corrected chi connectivity index (χ1v) is 9.81. The maximum Gasteiger partial charge on any atom is 0.416 e. The Morgan fingerprint density at radius 2 is 2.06 bits per heavy atom. The second kappa shape index (κ2) is 8.76. The highest BCUT2D eigenvalue weighted by molar-refractivity contribution is 7.85. The molecular weight excluding hydrogens is 440 g/mol. The molecule has 0 spiro atoms. The van der Waals surface area contributed by atoms with Gasteiger partial charge in [0.25, 0.3) is 5.91 Å². The minimum atomic E-state index is -4.49. The molecule has 0 aromatic heterocycles. The second-order valence-corrected chi connectivity index (χ2v) is 7.54. The molecular formula is C19H16F4N4O3S. The molecule has 0 aliphatic carbocycles. The fourth-order valence-electron chi connectivity index (χ4n) is 2.85. The predicted molar refractivity (Wildman–Crippen MR) is 108 cm³/mol. The van der Waals surface area contributed by atoms with E-state index in [9.17, 15) is 27.3 Å². The maximum atomic E-state index is 15.1. The van der Waals surface area contributed by atoms with Gasteiger partial charge in [-0.15, -0.1) is 0 Å². The number of nitrogens with zero attached hydrogens (tertiary/aromatic N) is 2. The van der Waals surface area contributed by atoms with Crippen molar-refractivity contribution >= 4 is 34.6 Å². The molecule has 2 aromatic carbocycles. The monoisotopic (exact) mass is 456 g/mol. The molecule has 1 amide bonds. The molecule has 1 atom stereocenters. The van der Waals surface area contributed by atoms with Crippen LogP contribution in [-0.2, 0) is 28.7 Å².